The Kier molecular flexibility index (Phi) is 53.8. The normalized spacial score (nSPS) is 12.6. The minimum atomic E-state index is -0.809. The van der Waals surface area contributed by atoms with E-state index in [0.29, 0.717) is 19.3 Å². The van der Waals surface area contributed by atoms with Crippen LogP contribution in [-0.4, -0.2) is 37.2 Å². The minimum Gasteiger partial charge on any atom is -0.462 e. The van der Waals surface area contributed by atoms with Gasteiger partial charge in [-0.25, -0.2) is 0 Å². The molecule has 0 N–H and O–H groups in total. The SMILES string of the molecule is CC/C=C\C/C=C\C/C=C\C/C=C\CCC(=O)OC(COC(=O)CCCCCCCCCC)COC(=O)CCCCCCCCCCCCCCCCCCC/C=C\C/C=C\CCCCCCC. The Morgan fingerprint density at radius 3 is 0.956 bits per heavy atom. The summed E-state index contributed by atoms with van der Waals surface area (Å²) in [6.07, 6.45) is 72.3. The number of allylic oxidation sites excluding steroid dienone is 12. The van der Waals surface area contributed by atoms with Crippen LogP contribution >= 0.6 is 0 Å². The Morgan fingerprint density at radius 1 is 0.309 bits per heavy atom. The summed E-state index contributed by atoms with van der Waals surface area (Å²) in [5, 5.41) is 0. The second-order valence-corrected chi connectivity index (χ2v) is 19.2. The third-order valence-electron chi connectivity index (χ3n) is 12.5. The van der Waals surface area contributed by atoms with E-state index in [0.717, 1.165) is 70.6 Å². The van der Waals surface area contributed by atoms with E-state index in [2.05, 4.69) is 81.5 Å². The van der Waals surface area contributed by atoms with Gasteiger partial charge in [0.2, 0.25) is 0 Å². The fourth-order valence-corrected chi connectivity index (χ4v) is 8.13. The maximum Gasteiger partial charge on any atom is 0.306 e. The van der Waals surface area contributed by atoms with Crippen molar-refractivity contribution in [3.8, 4) is 0 Å². The van der Waals surface area contributed by atoms with Crippen molar-refractivity contribution in [1.82, 2.24) is 0 Å². The first-order valence-corrected chi connectivity index (χ1v) is 28.9. The molecule has 0 aliphatic carbocycles. The van der Waals surface area contributed by atoms with Gasteiger partial charge in [-0.3, -0.25) is 14.4 Å². The first kappa shape index (κ1) is 64.8. The van der Waals surface area contributed by atoms with Crippen molar-refractivity contribution in [2.75, 3.05) is 13.2 Å². The van der Waals surface area contributed by atoms with Gasteiger partial charge in [0.15, 0.2) is 6.10 Å². The fraction of sp³-hybridized carbons (Fsp3) is 0.758. The summed E-state index contributed by atoms with van der Waals surface area (Å²) in [7, 11) is 0. The van der Waals surface area contributed by atoms with Crippen molar-refractivity contribution >= 4 is 17.9 Å². The maximum atomic E-state index is 12.7. The number of carbonyl (C=O) groups is 3. The second-order valence-electron chi connectivity index (χ2n) is 19.2. The molecule has 6 nitrogen and oxygen atoms in total. The smallest absolute Gasteiger partial charge is 0.306 e. The summed E-state index contributed by atoms with van der Waals surface area (Å²) < 4.78 is 16.7. The molecule has 1 atom stereocenters. The number of esters is 3. The Balaban J connectivity index is 4.10. The number of carbonyl (C=O) groups excluding carboxylic acids is 3. The molecule has 0 rings (SSSR count). The van der Waals surface area contributed by atoms with Crippen molar-refractivity contribution in [1.29, 1.82) is 0 Å². The van der Waals surface area contributed by atoms with Crippen molar-refractivity contribution in [2.45, 2.75) is 290 Å². The predicted octanol–water partition coefficient (Wildman–Crippen LogP) is 19.4. The molecular formula is C62H108O6. The molecule has 0 bridgehead atoms. The van der Waals surface area contributed by atoms with Gasteiger partial charge < -0.3 is 14.2 Å². The van der Waals surface area contributed by atoms with Crippen LogP contribution in [0, 0.1) is 0 Å². The van der Waals surface area contributed by atoms with Crippen LogP contribution in [0.15, 0.2) is 72.9 Å². The van der Waals surface area contributed by atoms with Crippen LogP contribution in [-0.2, 0) is 28.6 Å². The number of unbranched alkanes of at least 4 members (excludes halogenated alkanes) is 29. The van der Waals surface area contributed by atoms with Gasteiger partial charge >= 0.3 is 17.9 Å². The summed E-state index contributed by atoms with van der Waals surface area (Å²) in [6.45, 7) is 6.43. The van der Waals surface area contributed by atoms with E-state index in [1.165, 1.54) is 167 Å². The van der Waals surface area contributed by atoms with Crippen LogP contribution < -0.4 is 0 Å². The Hall–Kier alpha value is -3.15. The van der Waals surface area contributed by atoms with Gasteiger partial charge in [-0.1, -0.05) is 261 Å². The van der Waals surface area contributed by atoms with E-state index in [1.54, 1.807) is 0 Å². The second kappa shape index (κ2) is 56.4. The van der Waals surface area contributed by atoms with Gasteiger partial charge in [-0.05, 0) is 77.0 Å². The molecule has 1 unspecified atom stereocenters. The lowest BCUT2D eigenvalue weighted by molar-refractivity contribution is -0.166. The van der Waals surface area contributed by atoms with Crippen molar-refractivity contribution < 1.29 is 28.6 Å². The number of hydrogen-bond donors (Lipinski definition) is 0. The molecular weight excluding hydrogens is 841 g/mol. The third-order valence-corrected chi connectivity index (χ3v) is 12.5. The summed E-state index contributed by atoms with van der Waals surface area (Å²) in [6, 6.07) is 0. The molecule has 0 radical (unpaired) electrons. The van der Waals surface area contributed by atoms with Crippen LogP contribution in [0.1, 0.15) is 284 Å². The first-order valence-electron chi connectivity index (χ1n) is 28.9. The predicted molar refractivity (Wildman–Crippen MR) is 293 cm³/mol. The van der Waals surface area contributed by atoms with Gasteiger partial charge in [0.25, 0.3) is 0 Å². The molecule has 0 aliphatic heterocycles. The minimum absolute atomic E-state index is 0.101. The largest absolute Gasteiger partial charge is 0.462 e. The first-order chi connectivity index (χ1) is 33.5. The molecule has 0 saturated heterocycles. The van der Waals surface area contributed by atoms with Gasteiger partial charge in [-0.2, -0.15) is 0 Å². The molecule has 0 saturated carbocycles. The molecule has 6 heteroatoms. The van der Waals surface area contributed by atoms with Crippen LogP contribution in [0.3, 0.4) is 0 Å². The van der Waals surface area contributed by atoms with E-state index in [1.807, 2.05) is 12.2 Å². The number of ether oxygens (including phenoxy) is 3. The van der Waals surface area contributed by atoms with Gasteiger partial charge in [0.05, 0.1) is 0 Å². The third kappa shape index (κ3) is 53.8. The Labute approximate surface area is 421 Å². The zero-order valence-electron chi connectivity index (χ0n) is 44.9. The fourth-order valence-electron chi connectivity index (χ4n) is 8.13. The lowest BCUT2D eigenvalue weighted by atomic mass is 10.0. The Morgan fingerprint density at radius 2 is 0.603 bits per heavy atom. The average molecular weight is 950 g/mol. The molecule has 0 aromatic carbocycles. The molecule has 0 fully saturated rings. The highest BCUT2D eigenvalue weighted by Crippen LogP contribution is 2.16. The highest BCUT2D eigenvalue weighted by atomic mass is 16.6. The maximum absolute atomic E-state index is 12.7. The molecule has 392 valence electrons. The molecule has 0 heterocycles. The molecule has 0 aliphatic rings. The van der Waals surface area contributed by atoms with Crippen molar-refractivity contribution in [3.05, 3.63) is 72.9 Å². The monoisotopic (exact) mass is 949 g/mol. The Bertz CT molecular complexity index is 1270. The van der Waals surface area contributed by atoms with E-state index in [-0.39, 0.29) is 37.5 Å². The van der Waals surface area contributed by atoms with Gasteiger partial charge in [0.1, 0.15) is 13.2 Å². The zero-order valence-corrected chi connectivity index (χ0v) is 44.9. The van der Waals surface area contributed by atoms with Gasteiger partial charge in [-0.15, -0.1) is 0 Å². The summed E-state index contributed by atoms with van der Waals surface area (Å²) in [5.74, 6) is -0.982. The van der Waals surface area contributed by atoms with Crippen molar-refractivity contribution in [2.24, 2.45) is 0 Å². The zero-order chi connectivity index (χ0) is 49.3. The van der Waals surface area contributed by atoms with Crippen LogP contribution in [0.25, 0.3) is 0 Å². The van der Waals surface area contributed by atoms with E-state index in [9.17, 15) is 14.4 Å². The van der Waals surface area contributed by atoms with E-state index < -0.39 is 6.10 Å². The molecule has 0 amide bonds. The highest BCUT2D eigenvalue weighted by molar-refractivity contribution is 5.71. The molecule has 0 aromatic rings. The van der Waals surface area contributed by atoms with E-state index >= 15 is 0 Å². The van der Waals surface area contributed by atoms with Crippen molar-refractivity contribution in [3.63, 3.8) is 0 Å². The van der Waals surface area contributed by atoms with Crippen LogP contribution in [0.2, 0.25) is 0 Å². The number of rotatable bonds is 52. The molecule has 0 spiro atoms. The average Bonchev–Trinajstić information content (AvgIpc) is 3.34. The highest BCUT2D eigenvalue weighted by Gasteiger charge is 2.19. The number of hydrogen-bond acceptors (Lipinski definition) is 6. The quantitative estimate of drug-likeness (QED) is 0.0262. The molecule has 68 heavy (non-hydrogen) atoms. The lowest BCUT2D eigenvalue weighted by Crippen LogP contribution is -2.30. The lowest BCUT2D eigenvalue weighted by Gasteiger charge is -2.18. The standard InChI is InChI=1S/C62H108O6/c1-4-7-10-13-16-19-21-23-24-25-26-27-28-29-30-31-32-33-34-35-36-37-38-40-41-43-46-49-52-55-61(64)67-58-59(57-66-60(63)54-51-48-45-18-15-12-9-6-3)68-62(65)56-53-50-47-44-42-39-22-20-17-14-11-8-5-2/h8,11,17,20-21,23,25-26,39,42,47,50,59H,4-7,9-10,12-16,18-19,22,24,27-38,40-41,43-46,48-49,51-58H2,1-3H3/b11-8-,20-17-,23-21-,26-25-,42-39-,50-47-. The summed E-state index contributed by atoms with van der Waals surface area (Å²) in [5.41, 5.74) is 0. The van der Waals surface area contributed by atoms with E-state index in [4.69, 9.17) is 14.2 Å². The van der Waals surface area contributed by atoms with Gasteiger partial charge in [0, 0.05) is 19.3 Å². The van der Waals surface area contributed by atoms with Crippen LogP contribution in [0.4, 0.5) is 0 Å². The summed E-state index contributed by atoms with van der Waals surface area (Å²) >= 11 is 0. The topological polar surface area (TPSA) is 78.9 Å². The van der Waals surface area contributed by atoms with Crippen LogP contribution in [0.5, 0.6) is 0 Å². The summed E-state index contributed by atoms with van der Waals surface area (Å²) in [4.78, 5) is 37.9. The molecule has 0 aromatic heterocycles.